The van der Waals surface area contributed by atoms with E-state index in [2.05, 4.69) is 15.3 Å². The van der Waals surface area contributed by atoms with Gasteiger partial charge in [-0.25, -0.2) is 9.97 Å². The monoisotopic (exact) mass is 295 g/mol. The number of halogens is 1. The molecule has 1 N–H and O–H groups in total. The van der Waals surface area contributed by atoms with Gasteiger partial charge in [-0.1, -0.05) is 54.1 Å². The summed E-state index contributed by atoms with van der Waals surface area (Å²) in [4.78, 5) is 8.93. The second-order valence-electron chi connectivity index (χ2n) is 4.58. The Morgan fingerprint density at radius 1 is 0.952 bits per heavy atom. The molecule has 4 heteroatoms. The number of hydrogen-bond acceptors (Lipinski definition) is 3. The zero-order valence-electron chi connectivity index (χ0n) is 11.5. The Bertz CT molecular complexity index is 757. The van der Waals surface area contributed by atoms with Gasteiger partial charge in [0.15, 0.2) is 0 Å². The number of benzene rings is 2. The van der Waals surface area contributed by atoms with Crippen LogP contribution < -0.4 is 5.32 Å². The molecular formula is C17H14ClN3. The van der Waals surface area contributed by atoms with Crippen molar-refractivity contribution in [1.29, 1.82) is 0 Å². The molecule has 0 aliphatic carbocycles. The van der Waals surface area contributed by atoms with Crippen LogP contribution >= 0.6 is 11.6 Å². The molecule has 0 aliphatic heterocycles. The Morgan fingerprint density at radius 3 is 2.43 bits per heavy atom. The summed E-state index contributed by atoms with van der Waals surface area (Å²) in [5, 5.41) is 3.68. The van der Waals surface area contributed by atoms with Crippen LogP contribution in [0.5, 0.6) is 0 Å². The van der Waals surface area contributed by atoms with Gasteiger partial charge in [0.05, 0.1) is 5.69 Å². The second-order valence-corrected chi connectivity index (χ2v) is 5.02. The van der Waals surface area contributed by atoms with Gasteiger partial charge >= 0.3 is 0 Å². The molecule has 3 aromatic rings. The van der Waals surface area contributed by atoms with Crippen molar-refractivity contribution < 1.29 is 0 Å². The summed E-state index contributed by atoms with van der Waals surface area (Å²) in [5.74, 6) is 0.597. The molecule has 3 nitrogen and oxygen atoms in total. The first-order valence-electron chi connectivity index (χ1n) is 6.64. The Balaban J connectivity index is 2.21. The fourth-order valence-corrected chi connectivity index (χ4v) is 2.38. The van der Waals surface area contributed by atoms with Gasteiger partial charge in [-0.15, -0.1) is 0 Å². The van der Waals surface area contributed by atoms with Crippen LogP contribution in [-0.2, 0) is 0 Å². The number of nitrogens with zero attached hydrogens (tertiary/aromatic N) is 2. The highest BCUT2D eigenvalue weighted by molar-refractivity contribution is 6.30. The molecule has 2 aromatic carbocycles. The van der Waals surface area contributed by atoms with Gasteiger partial charge in [-0.3, -0.25) is 0 Å². The van der Waals surface area contributed by atoms with Crippen LogP contribution in [0.15, 0.2) is 60.8 Å². The summed E-state index contributed by atoms with van der Waals surface area (Å²) in [6.45, 7) is 0. The third kappa shape index (κ3) is 2.88. The minimum Gasteiger partial charge on any atom is -0.357 e. The maximum Gasteiger partial charge on any atom is 0.222 e. The molecule has 0 bridgehead atoms. The van der Waals surface area contributed by atoms with Gasteiger partial charge in [0.25, 0.3) is 0 Å². The van der Waals surface area contributed by atoms with Crippen molar-refractivity contribution in [3.63, 3.8) is 0 Å². The minimum absolute atomic E-state index is 0.597. The van der Waals surface area contributed by atoms with Gasteiger partial charge in [-0.2, -0.15) is 0 Å². The lowest BCUT2D eigenvalue weighted by atomic mass is 10.0. The van der Waals surface area contributed by atoms with E-state index in [4.69, 9.17) is 11.6 Å². The molecule has 0 fully saturated rings. The molecule has 1 heterocycles. The highest BCUT2D eigenvalue weighted by Gasteiger charge is 2.11. The summed E-state index contributed by atoms with van der Waals surface area (Å²) in [6.07, 6.45) is 1.83. The predicted octanol–water partition coefficient (Wildman–Crippen LogP) is 4.51. The molecule has 0 saturated heterocycles. The molecule has 0 unspecified atom stereocenters. The summed E-state index contributed by atoms with van der Waals surface area (Å²) >= 11 is 6.10. The van der Waals surface area contributed by atoms with E-state index in [1.54, 1.807) is 0 Å². The van der Waals surface area contributed by atoms with E-state index in [1.165, 1.54) is 0 Å². The molecule has 0 aliphatic rings. The van der Waals surface area contributed by atoms with Crippen LogP contribution in [0.25, 0.3) is 22.4 Å². The lowest BCUT2D eigenvalue weighted by Crippen LogP contribution is -1.99. The molecule has 0 spiro atoms. The first kappa shape index (κ1) is 13.6. The number of hydrogen-bond donors (Lipinski definition) is 1. The van der Waals surface area contributed by atoms with Crippen LogP contribution in [0.2, 0.25) is 5.02 Å². The van der Waals surface area contributed by atoms with Gasteiger partial charge in [0.2, 0.25) is 5.95 Å². The van der Waals surface area contributed by atoms with E-state index in [-0.39, 0.29) is 0 Å². The Hall–Kier alpha value is -2.39. The smallest absolute Gasteiger partial charge is 0.222 e. The van der Waals surface area contributed by atoms with E-state index in [0.29, 0.717) is 11.0 Å². The van der Waals surface area contributed by atoms with Crippen molar-refractivity contribution in [2.24, 2.45) is 0 Å². The van der Waals surface area contributed by atoms with Gasteiger partial charge < -0.3 is 5.32 Å². The van der Waals surface area contributed by atoms with Crippen molar-refractivity contribution in [3.05, 3.63) is 65.8 Å². The average molecular weight is 296 g/mol. The van der Waals surface area contributed by atoms with Crippen LogP contribution in [0.3, 0.4) is 0 Å². The summed E-state index contributed by atoms with van der Waals surface area (Å²) in [7, 11) is 1.81. The average Bonchev–Trinajstić information content (AvgIpc) is 2.55. The fourth-order valence-electron chi connectivity index (χ4n) is 2.19. The highest BCUT2D eigenvalue weighted by Crippen LogP contribution is 2.31. The highest BCUT2D eigenvalue weighted by atomic mass is 35.5. The fraction of sp³-hybridized carbons (Fsp3) is 0.0588. The Labute approximate surface area is 128 Å². The quantitative estimate of drug-likeness (QED) is 0.773. The standard InChI is InChI=1S/C17H14ClN3/c1-19-17-20-11-15(13-8-5-9-14(18)10-13)16(21-17)12-6-3-2-4-7-12/h2-11H,1H3,(H,19,20,21). The van der Waals surface area contributed by atoms with E-state index in [9.17, 15) is 0 Å². The Kier molecular flexibility index (Phi) is 3.84. The first-order valence-corrected chi connectivity index (χ1v) is 7.02. The van der Waals surface area contributed by atoms with Gasteiger partial charge in [0, 0.05) is 29.4 Å². The van der Waals surface area contributed by atoms with E-state index < -0.39 is 0 Å². The largest absolute Gasteiger partial charge is 0.357 e. The lowest BCUT2D eigenvalue weighted by Gasteiger charge is -2.11. The maximum absolute atomic E-state index is 6.10. The predicted molar refractivity (Wildman–Crippen MR) is 87.5 cm³/mol. The van der Waals surface area contributed by atoms with E-state index in [1.807, 2.05) is 67.8 Å². The van der Waals surface area contributed by atoms with Crippen LogP contribution in [0.4, 0.5) is 5.95 Å². The number of anilines is 1. The topological polar surface area (TPSA) is 37.8 Å². The summed E-state index contributed by atoms with van der Waals surface area (Å²) in [5.41, 5.74) is 3.90. The molecule has 104 valence electrons. The number of rotatable bonds is 3. The van der Waals surface area contributed by atoms with Crippen molar-refractivity contribution in [2.45, 2.75) is 0 Å². The van der Waals surface area contributed by atoms with Crippen LogP contribution in [-0.4, -0.2) is 17.0 Å². The number of nitrogens with one attached hydrogen (secondary N) is 1. The normalized spacial score (nSPS) is 10.4. The molecule has 0 radical (unpaired) electrons. The zero-order chi connectivity index (χ0) is 14.7. The third-order valence-electron chi connectivity index (χ3n) is 3.20. The second kappa shape index (κ2) is 5.94. The minimum atomic E-state index is 0.597. The first-order chi connectivity index (χ1) is 10.3. The molecule has 3 rings (SSSR count). The summed E-state index contributed by atoms with van der Waals surface area (Å²) in [6, 6.07) is 17.8. The Morgan fingerprint density at radius 2 is 1.71 bits per heavy atom. The molecule has 21 heavy (non-hydrogen) atoms. The SMILES string of the molecule is CNc1ncc(-c2cccc(Cl)c2)c(-c2ccccc2)n1. The van der Waals surface area contributed by atoms with Crippen molar-refractivity contribution >= 4 is 17.5 Å². The number of aromatic nitrogens is 2. The molecule has 0 atom stereocenters. The molecular weight excluding hydrogens is 282 g/mol. The van der Waals surface area contributed by atoms with Crippen molar-refractivity contribution in [1.82, 2.24) is 9.97 Å². The molecule has 0 saturated carbocycles. The third-order valence-corrected chi connectivity index (χ3v) is 3.43. The van der Waals surface area contributed by atoms with Gasteiger partial charge in [-0.05, 0) is 17.7 Å². The summed E-state index contributed by atoms with van der Waals surface area (Å²) < 4.78 is 0. The van der Waals surface area contributed by atoms with E-state index >= 15 is 0 Å². The van der Waals surface area contributed by atoms with Gasteiger partial charge in [0.1, 0.15) is 0 Å². The van der Waals surface area contributed by atoms with Crippen LogP contribution in [0.1, 0.15) is 0 Å². The van der Waals surface area contributed by atoms with E-state index in [0.717, 1.165) is 22.4 Å². The zero-order valence-corrected chi connectivity index (χ0v) is 12.3. The van der Waals surface area contributed by atoms with Crippen molar-refractivity contribution in [3.8, 4) is 22.4 Å². The molecule has 1 aromatic heterocycles. The lowest BCUT2D eigenvalue weighted by molar-refractivity contribution is 1.16. The van der Waals surface area contributed by atoms with Crippen molar-refractivity contribution in [2.75, 3.05) is 12.4 Å². The molecule has 0 amide bonds. The van der Waals surface area contributed by atoms with Crippen LogP contribution in [0, 0.1) is 0 Å². The maximum atomic E-state index is 6.10.